The number of amides is 1. The molecule has 2 heterocycles. The monoisotopic (exact) mass is 319 g/mol. The number of sulfonamides is 1. The Hall–Kier alpha value is -1.52. The molecule has 1 aliphatic heterocycles. The van der Waals surface area contributed by atoms with Crippen molar-refractivity contribution in [2.45, 2.75) is 13.0 Å². The smallest absolute Gasteiger partial charge is 0.355 e. The molecule has 1 aromatic rings. The summed E-state index contributed by atoms with van der Waals surface area (Å²) in [5, 5.41) is 13.1. The Morgan fingerprint density at radius 2 is 2.25 bits per heavy atom. The SMILES string of the molecule is O=C(CN1CCCS1(=O)=O)NCc1nc(C(=O)O)cs1. The zero-order valence-corrected chi connectivity index (χ0v) is 12.0. The zero-order valence-electron chi connectivity index (χ0n) is 10.4. The summed E-state index contributed by atoms with van der Waals surface area (Å²) < 4.78 is 24.2. The van der Waals surface area contributed by atoms with E-state index in [-0.39, 0.29) is 24.5 Å². The van der Waals surface area contributed by atoms with Gasteiger partial charge in [-0.15, -0.1) is 11.3 Å². The number of carboxylic acids is 1. The third-order valence-electron chi connectivity index (χ3n) is 2.73. The maximum absolute atomic E-state index is 11.6. The van der Waals surface area contributed by atoms with Crippen LogP contribution in [0.5, 0.6) is 0 Å². The van der Waals surface area contributed by atoms with E-state index in [1.165, 1.54) is 5.38 Å². The molecule has 1 saturated heterocycles. The van der Waals surface area contributed by atoms with E-state index in [0.717, 1.165) is 15.6 Å². The van der Waals surface area contributed by atoms with Gasteiger partial charge in [0.15, 0.2) is 5.69 Å². The van der Waals surface area contributed by atoms with Gasteiger partial charge in [0.25, 0.3) is 0 Å². The van der Waals surface area contributed by atoms with E-state index in [0.29, 0.717) is 18.0 Å². The van der Waals surface area contributed by atoms with Crippen molar-refractivity contribution in [2.75, 3.05) is 18.8 Å². The summed E-state index contributed by atoms with van der Waals surface area (Å²) in [6, 6.07) is 0. The van der Waals surface area contributed by atoms with Crippen LogP contribution >= 0.6 is 11.3 Å². The number of aromatic nitrogens is 1. The molecule has 0 radical (unpaired) electrons. The second-order valence-electron chi connectivity index (χ2n) is 4.21. The largest absolute Gasteiger partial charge is 0.476 e. The molecule has 0 atom stereocenters. The molecule has 0 saturated carbocycles. The Balaban J connectivity index is 1.84. The van der Waals surface area contributed by atoms with Crippen LogP contribution in [0.3, 0.4) is 0 Å². The van der Waals surface area contributed by atoms with Gasteiger partial charge in [0.1, 0.15) is 5.01 Å². The molecule has 0 spiro atoms. The third-order valence-corrected chi connectivity index (χ3v) is 5.48. The topological polar surface area (TPSA) is 117 Å². The fourth-order valence-electron chi connectivity index (χ4n) is 1.75. The van der Waals surface area contributed by atoms with E-state index < -0.39 is 21.9 Å². The summed E-state index contributed by atoms with van der Waals surface area (Å²) in [5.74, 6) is -1.47. The van der Waals surface area contributed by atoms with Crippen molar-refractivity contribution >= 4 is 33.2 Å². The number of hydrogen-bond donors (Lipinski definition) is 2. The van der Waals surface area contributed by atoms with Gasteiger partial charge < -0.3 is 10.4 Å². The predicted octanol–water partition coefficient (Wildman–Crippen LogP) is -0.507. The molecule has 1 aliphatic rings. The first-order valence-corrected chi connectivity index (χ1v) is 8.29. The number of carbonyl (C=O) groups is 2. The molecule has 2 rings (SSSR count). The van der Waals surface area contributed by atoms with Crippen LogP contribution in [0.15, 0.2) is 5.38 Å². The minimum absolute atomic E-state index is 0.0682. The van der Waals surface area contributed by atoms with Crippen molar-refractivity contribution in [1.82, 2.24) is 14.6 Å². The van der Waals surface area contributed by atoms with E-state index in [2.05, 4.69) is 10.3 Å². The molecule has 1 fully saturated rings. The second kappa shape index (κ2) is 5.85. The molecule has 8 nitrogen and oxygen atoms in total. The Morgan fingerprint density at radius 1 is 1.50 bits per heavy atom. The summed E-state index contributed by atoms with van der Waals surface area (Å²) in [6.07, 6.45) is 0.532. The molecule has 0 aromatic carbocycles. The molecule has 1 amide bonds. The minimum Gasteiger partial charge on any atom is -0.476 e. The summed E-state index contributed by atoms with van der Waals surface area (Å²) in [7, 11) is -3.29. The van der Waals surface area contributed by atoms with Gasteiger partial charge in [0, 0.05) is 11.9 Å². The van der Waals surface area contributed by atoms with Crippen molar-refractivity contribution in [3.05, 3.63) is 16.1 Å². The average Bonchev–Trinajstić information content (AvgIpc) is 2.94. The van der Waals surface area contributed by atoms with Crippen molar-refractivity contribution in [1.29, 1.82) is 0 Å². The number of thiazole rings is 1. The summed E-state index contributed by atoms with van der Waals surface area (Å²) >= 11 is 1.12. The second-order valence-corrected chi connectivity index (χ2v) is 7.24. The van der Waals surface area contributed by atoms with Crippen molar-refractivity contribution in [3.63, 3.8) is 0 Å². The summed E-state index contributed by atoms with van der Waals surface area (Å²) in [5.41, 5.74) is -0.0682. The number of carboxylic acid groups (broad SMARTS) is 1. The van der Waals surface area contributed by atoms with Gasteiger partial charge in [-0.1, -0.05) is 0 Å². The normalized spacial score (nSPS) is 18.0. The summed E-state index contributed by atoms with van der Waals surface area (Å²) in [6.45, 7) is 0.236. The van der Waals surface area contributed by atoms with Crippen LogP contribution in [0.2, 0.25) is 0 Å². The molecule has 110 valence electrons. The maximum Gasteiger partial charge on any atom is 0.355 e. The van der Waals surface area contributed by atoms with Gasteiger partial charge in [-0.25, -0.2) is 18.2 Å². The lowest BCUT2D eigenvalue weighted by atomic mass is 10.4. The molecule has 10 heteroatoms. The van der Waals surface area contributed by atoms with Crippen molar-refractivity contribution in [2.24, 2.45) is 0 Å². The first kappa shape index (κ1) is 14.9. The Bertz CT molecular complexity index is 625. The standard InChI is InChI=1S/C10H13N3O5S2/c14-8(5-13-2-1-3-20(13,17)18)11-4-9-12-7(6-19-9)10(15)16/h6H,1-5H2,(H,11,14)(H,15,16). The highest BCUT2D eigenvalue weighted by Crippen LogP contribution is 2.12. The van der Waals surface area contributed by atoms with Crippen LogP contribution in [0.25, 0.3) is 0 Å². The van der Waals surface area contributed by atoms with E-state index in [9.17, 15) is 18.0 Å². The van der Waals surface area contributed by atoms with Gasteiger partial charge in [-0.2, -0.15) is 4.31 Å². The maximum atomic E-state index is 11.6. The molecule has 0 bridgehead atoms. The van der Waals surface area contributed by atoms with E-state index in [1.807, 2.05) is 0 Å². The Morgan fingerprint density at radius 3 is 2.80 bits per heavy atom. The van der Waals surface area contributed by atoms with Crippen LogP contribution in [-0.4, -0.2) is 53.5 Å². The number of nitrogens with one attached hydrogen (secondary N) is 1. The lowest BCUT2D eigenvalue weighted by molar-refractivity contribution is -0.121. The first-order valence-electron chi connectivity index (χ1n) is 5.81. The van der Waals surface area contributed by atoms with Gasteiger partial charge >= 0.3 is 5.97 Å². The Labute approximate surface area is 119 Å². The number of rotatable bonds is 5. The first-order chi connectivity index (χ1) is 9.38. The highest BCUT2D eigenvalue weighted by atomic mass is 32.2. The van der Waals surface area contributed by atoms with Crippen molar-refractivity contribution < 1.29 is 23.1 Å². The summed E-state index contributed by atoms with van der Waals surface area (Å²) in [4.78, 5) is 26.1. The van der Waals surface area contributed by atoms with Gasteiger partial charge in [0.05, 0.1) is 18.8 Å². The van der Waals surface area contributed by atoms with E-state index >= 15 is 0 Å². The van der Waals surface area contributed by atoms with Crippen LogP contribution in [0.1, 0.15) is 21.9 Å². The molecule has 0 unspecified atom stereocenters. The van der Waals surface area contributed by atoms with Crippen LogP contribution in [-0.2, 0) is 21.4 Å². The van der Waals surface area contributed by atoms with Crippen LogP contribution in [0, 0.1) is 0 Å². The number of hydrogen-bond acceptors (Lipinski definition) is 6. The molecule has 2 N–H and O–H groups in total. The molecule has 0 aliphatic carbocycles. The number of carbonyl (C=O) groups excluding carboxylic acids is 1. The quantitative estimate of drug-likeness (QED) is 0.755. The fourth-order valence-corrected chi connectivity index (χ4v) is 3.93. The minimum atomic E-state index is -3.29. The van der Waals surface area contributed by atoms with E-state index in [1.54, 1.807) is 0 Å². The molecular formula is C10H13N3O5S2. The van der Waals surface area contributed by atoms with Gasteiger partial charge in [-0.05, 0) is 6.42 Å². The third kappa shape index (κ3) is 3.52. The van der Waals surface area contributed by atoms with Gasteiger partial charge in [-0.3, -0.25) is 4.79 Å². The van der Waals surface area contributed by atoms with Gasteiger partial charge in [0.2, 0.25) is 15.9 Å². The highest BCUT2D eigenvalue weighted by Gasteiger charge is 2.29. The van der Waals surface area contributed by atoms with Crippen LogP contribution in [0.4, 0.5) is 0 Å². The Kier molecular flexibility index (Phi) is 4.35. The van der Waals surface area contributed by atoms with Crippen molar-refractivity contribution in [3.8, 4) is 0 Å². The number of aromatic carboxylic acids is 1. The fraction of sp³-hybridized carbons (Fsp3) is 0.500. The average molecular weight is 319 g/mol. The number of nitrogens with zero attached hydrogens (tertiary/aromatic N) is 2. The predicted molar refractivity (Wildman–Crippen MR) is 70.9 cm³/mol. The lowest BCUT2D eigenvalue weighted by Gasteiger charge is -2.13. The zero-order chi connectivity index (χ0) is 14.8. The van der Waals surface area contributed by atoms with Crippen LogP contribution < -0.4 is 5.32 Å². The molecular weight excluding hydrogens is 306 g/mol. The molecule has 20 heavy (non-hydrogen) atoms. The molecule has 1 aromatic heterocycles. The lowest BCUT2D eigenvalue weighted by Crippen LogP contribution is -2.37. The highest BCUT2D eigenvalue weighted by molar-refractivity contribution is 7.89. The van der Waals surface area contributed by atoms with E-state index in [4.69, 9.17) is 5.11 Å².